The normalized spacial score (nSPS) is 26.3. The van der Waals surface area contributed by atoms with Crippen LogP contribution in [0.4, 0.5) is 0 Å². The molecule has 0 amide bonds. The van der Waals surface area contributed by atoms with Gasteiger partial charge in [0.05, 0.1) is 6.61 Å². The van der Waals surface area contributed by atoms with E-state index in [-0.39, 0.29) is 0 Å². The Morgan fingerprint density at radius 2 is 2.15 bits per heavy atom. The zero-order valence-corrected chi connectivity index (χ0v) is 8.34. The SMILES string of the molecule is CCC1(C)COc2ccccc2C1. The lowest BCUT2D eigenvalue weighted by atomic mass is 9.80. The van der Waals surface area contributed by atoms with E-state index in [1.165, 1.54) is 12.0 Å². The maximum Gasteiger partial charge on any atom is 0.122 e. The maximum atomic E-state index is 5.73. The van der Waals surface area contributed by atoms with Crippen LogP contribution in [0.3, 0.4) is 0 Å². The molecule has 70 valence electrons. The molecule has 1 aliphatic rings. The van der Waals surface area contributed by atoms with Gasteiger partial charge in [-0.15, -0.1) is 0 Å². The Hall–Kier alpha value is -0.980. The van der Waals surface area contributed by atoms with Gasteiger partial charge >= 0.3 is 0 Å². The molecule has 1 nitrogen and oxygen atoms in total. The van der Waals surface area contributed by atoms with E-state index in [2.05, 4.69) is 32.0 Å². The zero-order chi connectivity index (χ0) is 9.31. The quantitative estimate of drug-likeness (QED) is 0.639. The highest BCUT2D eigenvalue weighted by molar-refractivity contribution is 5.35. The van der Waals surface area contributed by atoms with Gasteiger partial charge in [-0.05, 0) is 24.5 Å². The van der Waals surface area contributed by atoms with Crippen molar-refractivity contribution in [3.05, 3.63) is 29.8 Å². The van der Waals surface area contributed by atoms with Gasteiger partial charge < -0.3 is 4.74 Å². The van der Waals surface area contributed by atoms with Crippen molar-refractivity contribution >= 4 is 0 Å². The van der Waals surface area contributed by atoms with Crippen molar-refractivity contribution in [2.24, 2.45) is 5.41 Å². The lowest BCUT2D eigenvalue weighted by Gasteiger charge is -2.33. The first-order valence-electron chi connectivity index (χ1n) is 4.94. The van der Waals surface area contributed by atoms with E-state index >= 15 is 0 Å². The zero-order valence-electron chi connectivity index (χ0n) is 8.34. The molecule has 0 saturated heterocycles. The molecule has 0 saturated carbocycles. The highest BCUT2D eigenvalue weighted by Crippen LogP contribution is 2.35. The predicted molar refractivity (Wildman–Crippen MR) is 54.0 cm³/mol. The number of para-hydroxylation sites is 1. The minimum Gasteiger partial charge on any atom is -0.493 e. The van der Waals surface area contributed by atoms with E-state index in [9.17, 15) is 0 Å². The summed E-state index contributed by atoms with van der Waals surface area (Å²) in [7, 11) is 0. The summed E-state index contributed by atoms with van der Waals surface area (Å²) in [6, 6.07) is 8.35. The molecule has 0 N–H and O–H groups in total. The second-order valence-corrected chi connectivity index (χ2v) is 4.24. The molecule has 1 unspecified atom stereocenters. The standard InChI is InChI=1S/C12H16O/c1-3-12(2)8-10-6-4-5-7-11(10)13-9-12/h4-7H,3,8-9H2,1-2H3. The molecule has 13 heavy (non-hydrogen) atoms. The van der Waals surface area contributed by atoms with Crippen molar-refractivity contribution in [2.45, 2.75) is 26.7 Å². The molecule has 0 aliphatic carbocycles. The van der Waals surface area contributed by atoms with Gasteiger partial charge in [-0.1, -0.05) is 32.0 Å². The number of ether oxygens (including phenoxy) is 1. The smallest absolute Gasteiger partial charge is 0.122 e. The van der Waals surface area contributed by atoms with E-state index in [4.69, 9.17) is 4.74 Å². The van der Waals surface area contributed by atoms with Crippen LogP contribution in [-0.4, -0.2) is 6.61 Å². The van der Waals surface area contributed by atoms with E-state index in [1.54, 1.807) is 0 Å². The van der Waals surface area contributed by atoms with Crippen LogP contribution in [0.5, 0.6) is 5.75 Å². The maximum absolute atomic E-state index is 5.73. The Labute approximate surface area is 79.7 Å². The largest absolute Gasteiger partial charge is 0.493 e. The fourth-order valence-corrected chi connectivity index (χ4v) is 1.78. The van der Waals surface area contributed by atoms with Gasteiger partial charge in [-0.3, -0.25) is 0 Å². The fraction of sp³-hybridized carbons (Fsp3) is 0.500. The van der Waals surface area contributed by atoms with Crippen molar-refractivity contribution in [1.82, 2.24) is 0 Å². The molecule has 2 rings (SSSR count). The third-order valence-electron chi connectivity index (χ3n) is 3.02. The van der Waals surface area contributed by atoms with Gasteiger partial charge in [0.2, 0.25) is 0 Å². The van der Waals surface area contributed by atoms with Crippen LogP contribution in [0.1, 0.15) is 25.8 Å². The molecule has 0 spiro atoms. The predicted octanol–water partition coefficient (Wildman–Crippen LogP) is 3.04. The average Bonchev–Trinajstić information content (AvgIpc) is 2.18. The van der Waals surface area contributed by atoms with Crippen LogP contribution in [0, 0.1) is 5.41 Å². The van der Waals surface area contributed by atoms with Crippen molar-refractivity contribution in [3.8, 4) is 5.75 Å². The Morgan fingerprint density at radius 3 is 2.92 bits per heavy atom. The molecule has 1 aliphatic heterocycles. The van der Waals surface area contributed by atoms with Gasteiger partial charge in [-0.25, -0.2) is 0 Å². The van der Waals surface area contributed by atoms with E-state index in [1.807, 2.05) is 6.07 Å². The third kappa shape index (κ3) is 1.55. The third-order valence-corrected chi connectivity index (χ3v) is 3.02. The number of hydrogen-bond acceptors (Lipinski definition) is 1. The van der Waals surface area contributed by atoms with Crippen LogP contribution in [0.25, 0.3) is 0 Å². The Bertz CT molecular complexity index is 306. The number of fused-ring (bicyclic) bond motifs is 1. The lowest BCUT2D eigenvalue weighted by Crippen LogP contribution is -2.31. The first-order chi connectivity index (χ1) is 6.23. The molecule has 1 aromatic rings. The summed E-state index contributed by atoms with van der Waals surface area (Å²) < 4.78 is 5.73. The summed E-state index contributed by atoms with van der Waals surface area (Å²) in [5.41, 5.74) is 1.70. The van der Waals surface area contributed by atoms with E-state index < -0.39 is 0 Å². The van der Waals surface area contributed by atoms with E-state index in [0.29, 0.717) is 5.41 Å². The molecular weight excluding hydrogens is 160 g/mol. The summed E-state index contributed by atoms with van der Waals surface area (Å²) >= 11 is 0. The summed E-state index contributed by atoms with van der Waals surface area (Å²) in [5.74, 6) is 1.08. The highest BCUT2D eigenvalue weighted by atomic mass is 16.5. The van der Waals surface area contributed by atoms with Crippen molar-refractivity contribution < 1.29 is 4.74 Å². The molecule has 1 heteroatoms. The second-order valence-electron chi connectivity index (χ2n) is 4.24. The van der Waals surface area contributed by atoms with Crippen LogP contribution in [-0.2, 0) is 6.42 Å². The molecule has 1 aromatic carbocycles. The number of rotatable bonds is 1. The molecule has 1 heterocycles. The fourth-order valence-electron chi connectivity index (χ4n) is 1.78. The average molecular weight is 176 g/mol. The van der Waals surface area contributed by atoms with Crippen molar-refractivity contribution in [3.63, 3.8) is 0 Å². The minimum atomic E-state index is 0.342. The van der Waals surface area contributed by atoms with Crippen LogP contribution in [0.15, 0.2) is 24.3 Å². The molecule has 0 radical (unpaired) electrons. The molecular formula is C12H16O. The Morgan fingerprint density at radius 1 is 1.38 bits per heavy atom. The summed E-state index contributed by atoms with van der Waals surface area (Å²) in [6.07, 6.45) is 2.33. The van der Waals surface area contributed by atoms with Gasteiger partial charge in [0.1, 0.15) is 5.75 Å². The van der Waals surface area contributed by atoms with Crippen LogP contribution < -0.4 is 4.74 Å². The highest BCUT2D eigenvalue weighted by Gasteiger charge is 2.28. The molecule has 0 aromatic heterocycles. The monoisotopic (exact) mass is 176 g/mol. The van der Waals surface area contributed by atoms with Gasteiger partial charge in [0.25, 0.3) is 0 Å². The Kier molecular flexibility index (Phi) is 2.03. The molecule has 1 atom stereocenters. The minimum absolute atomic E-state index is 0.342. The van der Waals surface area contributed by atoms with Gasteiger partial charge in [0, 0.05) is 5.41 Å². The lowest BCUT2D eigenvalue weighted by molar-refractivity contribution is 0.133. The molecule has 0 fully saturated rings. The van der Waals surface area contributed by atoms with Crippen molar-refractivity contribution in [2.75, 3.05) is 6.61 Å². The molecule has 0 bridgehead atoms. The topological polar surface area (TPSA) is 9.23 Å². The summed E-state index contributed by atoms with van der Waals surface area (Å²) in [6.45, 7) is 5.39. The van der Waals surface area contributed by atoms with Crippen molar-refractivity contribution in [1.29, 1.82) is 0 Å². The Balaban J connectivity index is 2.29. The summed E-state index contributed by atoms with van der Waals surface area (Å²) in [4.78, 5) is 0. The number of hydrogen-bond donors (Lipinski definition) is 0. The summed E-state index contributed by atoms with van der Waals surface area (Å²) in [5, 5.41) is 0. The first-order valence-corrected chi connectivity index (χ1v) is 4.94. The van der Waals surface area contributed by atoms with Gasteiger partial charge in [0.15, 0.2) is 0 Å². The van der Waals surface area contributed by atoms with Crippen LogP contribution >= 0.6 is 0 Å². The number of benzene rings is 1. The second kappa shape index (κ2) is 3.06. The van der Waals surface area contributed by atoms with Crippen LogP contribution in [0.2, 0.25) is 0 Å². The first kappa shape index (κ1) is 8.61. The van der Waals surface area contributed by atoms with E-state index in [0.717, 1.165) is 18.8 Å². The van der Waals surface area contributed by atoms with Gasteiger partial charge in [-0.2, -0.15) is 0 Å².